The molecule has 2 aromatic rings. The number of hydrogen-bond acceptors (Lipinski definition) is 4. The third-order valence-electron chi connectivity index (χ3n) is 4.75. The van der Waals surface area contributed by atoms with Gasteiger partial charge in [-0.2, -0.15) is 0 Å². The SMILES string of the molecule is CCN(CC)c1ccc(N(CCNC(=O)COc2ccccc2)C(C)=O)c(C)c1. The molecule has 0 aliphatic carbocycles. The van der Waals surface area contributed by atoms with Gasteiger partial charge in [-0.1, -0.05) is 18.2 Å². The van der Waals surface area contributed by atoms with E-state index >= 15 is 0 Å². The van der Waals surface area contributed by atoms with Crippen molar-refractivity contribution in [1.29, 1.82) is 0 Å². The number of carbonyl (C=O) groups is 2. The first kappa shape index (κ1) is 22.3. The van der Waals surface area contributed by atoms with Crippen molar-refractivity contribution in [2.75, 3.05) is 42.6 Å². The highest BCUT2D eigenvalue weighted by molar-refractivity contribution is 5.92. The molecular weight excluding hydrogens is 366 g/mol. The number of nitrogens with zero attached hydrogens (tertiary/aromatic N) is 2. The standard InChI is InChI=1S/C23H31N3O3/c1-5-25(6-2)20-12-13-22(18(3)16-20)26(19(4)27)15-14-24-23(28)17-29-21-10-8-7-9-11-21/h7-13,16H,5-6,14-15,17H2,1-4H3,(H,24,28). The number of para-hydroxylation sites is 1. The molecule has 0 bridgehead atoms. The largest absolute Gasteiger partial charge is 0.484 e. The number of ether oxygens (including phenoxy) is 1. The second-order valence-corrected chi connectivity index (χ2v) is 6.77. The molecule has 0 aromatic heterocycles. The maximum Gasteiger partial charge on any atom is 0.258 e. The van der Waals surface area contributed by atoms with Gasteiger partial charge in [0.05, 0.1) is 0 Å². The molecule has 6 heteroatoms. The molecule has 0 saturated carbocycles. The summed E-state index contributed by atoms with van der Waals surface area (Å²) >= 11 is 0. The molecular formula is C23H31N3O3. The summed E-state index contributed by atoms with van der Waals surface area (Å²) in [4.78, 5) is 28.2. The van der Waals surface area contributed by atoms with Gasteiger partial charge in [-0.05, 0) is 56.7 Å². The van der Waals surface area contributed by atoms with Crippen molar-refractivity contribution < 1.29 is 14.3 Å². The van der Waals surface area contributed by atoms with Crippen LogP contribution < -0.4 is 19.9 Å². The summed E-state index contributed by atoms with van der Waals surface area (Å²) in [5.41, 5.74) is 3.04. The van der Waals surface area contributed by atoms with Gasteiger partial charge in [-0.3, -0.25) is 9.59 Å². The van der Waals surface area contributed by atoms with Crippen molar-refractivity contribution in [3.05, 3.63) is 54.1 Å². The number of rotatable bonds is 10. The quantitative estimate of drug-likeness (QED) is 0.668. The van der Waals surface area contributed by atoms with Crippen LogP contribution in [0, 0.1) is 6.92 Å². The first-order valence-corrected chi connectivity index (χ1v) is 10.0. The molecule has 0 heterocycles. The second-order valence-electron chi connectivity index (χ2n) is 6.77. The zero-order valence-corrected chi connectivity index (χ0v) is 17.8. The van der Waals surface area contributed by atoms with Crippen molar-refractivity contribution in [2.24, 2.45) is 0 Å². The molecule has 2 rings (SSSR count). The van der Waals surface area contributed by atoms with Crippen LogP contribution in [0.2, 0.25) is 0 Å². The van der Waals surface area contributed by atoms with Gasteiger partial charge in [-0.25, -0.2) is 0 Å². The number of benzene rings is 2. The van der Waals surface area contributed by atoms with Gasteiger partial charge in [0.2, 0.25) is 5.91 Å². The summed E-state index contributed by atoms with van der Waals surface area (Å²) in [5.74, 6) is 0.376. The van der Waals surface area contributed by atoms with E-state index in [1.165, 1.54) is 6.92 Å². The zero-order valence-electron chi connectivity index (χ0n) is 17.8. The average molecular weight is 398 g/mol. The first-order chi connectivity index (χ1) is 14.0. The van der Waals surface area contributed by atoms with E-state index in [-0.39, 0.29) is 18.4 Å². The molecule has 0 saturated heterocycles. The minimum Gasteiger partial charge on any atom is -0.484 e. The molecule has 0 spiro atoms. The molecule has 1 N–H and O–H groups in total. The van der Waals surface area contributed by atoms with Gasteiger partial charge in [0.1, 0.15) is 5.75 Å². The Kier molecular flexibility index (Phi) is 8.52. The van der Waals surface area contributed by atoms with E-state index in [2.05, 4.69) is 30.1 Å². The molecule has 0 atom stereocenters. The van der Waals surface area contributed by atoms with E-state index in [4.69, 9.17) is 4.74 Å². The summed E-state index contributed by atoms with van der Waals surface area (Å²) in [6.45, 7) is 10.4. The lowest BCUT2D eigenvalue weighted by atomic mass is 10.1. The van der Waals surface area contributed by atoms with Gasteiger partial charge in [0, 0.05) is 44.5 Å². The van der Waals surface area contributed by atoms with E-state index in [0.717, 1.165) is 30.0 Å². The normalized spacial score (nSPS) is 10.3. The van der Waals surface area contributed by atoms with Crippen molar-refractivity contribution >= 4 is 23.2 Å². The van der Waals surface area contributed by atoms with Gasteiger partial charge < -0.3 is 19.9 Å². The van der Waals surface area contributed by atoms with Crippen LogP contribution in [0.25, 0.3) is 0 Å². The van der Waals surface area contributed by atoms with Crippen molar-refractivity contribution in [3.8, 4) is 5.75 Å². The molecule has 2 aromatic carbocycles. The monoisotopic (exact) mass is 397 g/mol. The Morgan fingerprint density at radius 1 is 1.03 bits per heavy atom. The van der Waals surface area contributed by atoms with Crippen LogP contribution in [0.5, 0.6) is 5.75 Å². The number of nitrogens with one attached hydrogen (secondary N) is 1. The highest BCUT2D eigenvalue weighted by Crippen LogP contribution is 2.25. The lowest BCUT2D eigenvalue weighted by Crippen LogP contribution is -2.39. The van der Waals surface area contributed by atoms with Crippen molar-refractivity contribution in [2.45, 2.75) is 27.7 Å². The van der Waals surface area contributed by atoms with Crippen LogP contribution in [0.3, 0.4) is 0 Å². The minimum atomic E-state index is -0.217. The Morgan fingerprint density at radius 2 is 1.72 bits per heavy atom. The molecule has 0 aliphatic heterocycles. The van der Waals surface area contributed by atoms with Crippen LogP contribution in [-0.2, 0) is 9.59 Å². The molecule has 0 aliphatic rings. The van der Waals surface area contributed by atoms with Gasteiger partial charge >= 0.3 is 0 Å². The van der Waals surface area contributed by atoms with Crippen molar-refractivity contribution in [3.63, 3.8) is 0 Å². The molecule has 156 valence electrons. The maximum absolute atomic E-state index is 12.2. The van der Waals surface area contributed by atoms with Crippen molar-refractivity contribution in [1.82, 2.24) is 5.32 Å². The Balaban J connectivity index is 1.93. The maximum atomic E-state index is 12.2. The lowest BCUT2D eigenvalue weighted by Gasteiger charge is -2.26. The smallest absolute Gasteiger partial charge is 0.258 e. The summed E-state index contributed by atoms with van der Waals surface area (Å²) < 4.78 is 5.44. The van der Waals surface area contributed by atoms with Gasteiger partial charge in [0.15, 0.2) is 6.61 Å². The Bertz CT molecular complexity index is 804. The number of amides is 2. The third-order valence-corrected chi connectivity index (χ3v) is 4.75. The predicted molar refractivity (Wildman–Crippen MR) is 118 cm³/mol. The third kappa shape index (κ3) is 6.52. The van der Waals surface area contributed by atoms with Crippen LogP contribution >= 0.6 is 0 Å². The summed E-state index contributed by atoms with van der Waals surface area (Å²) in [5, 5.41) is 2.81. The molecule has 0 unspecified atom stereocenters. The highest BCUT2D eigenvalue weighted by atomic mass is 16.5. The summed E-state index contributed by atoms with van der Waals surface area (Å²) in [7, 11) is 0. The number of anilines is 2. The van der Waals surface area contributed by atoms with E-state index in [1.54, 1.807) is 17.0 Å². The van der Waals surface area contributed by atoms with E-state index in [1.807, 2.05) is 37.3 Å². The molecule has 6 nitrogen and oxygen atoms in total. The average Bonchev–Trinajstić information content (AvgIpc) is 2.72. The number of carbonyl (C=O) groups excluding carboxylic acids is 2. The Morgan fingerprint density at radius 3 is 2.31 bits per heavy atom. The minimum absolute atomic E-state index is 0.0539. The van der Waals surface area contributed by atoms with E-state index in [0.29, 0.717) is 18.8 Å². The molecule has 0 fully saturated rings. The van der Waals surface area contributed by atoms with Gasteiger partial charge in [-0.15, -0.1) is 0 Å². The van der Waals surface area contributed by atoms with Gasteiger partial charge in [0.25, 0.3) is 5.91 Å². The molecule has 29 heavy (non-hydrogen) atoms. The molecule has 0 radical (unpaired) electrons. The first-order valence-electron chi connectivity index (χ1n) is 10.0. The lowest BCUT2D eigenvalue weighted by molar-refractivity contribution is -0.123. The van der Waals surface area contributed by atoms with Crippen LogP contribution in [0.1, 0.15) is 26.3 Å². The van der Waals surface area contributed by atoms with Crippen LogP contribution in [0.4, 0.5) is 11.4 Å². The highest BCUT2D eigenvalue weighted by Gasteiger charge is 2.15. The van der Waals surface area contributed by atoms with Crippen LogP contribution in [0.15, 0.2) is 48.5 Å². The fraction of sp³-hybridized carbons (Fsp3) is 0.391. The fourth-order valence-electron chi connectivity index (χ4n) is 3.20. The summed E-state index contributed by atoms with van der Waals surface area (Å²) in [6, 6.07) is 15.3. The second kappa shape index (κ2) is 11.1. The zero-order chi connectivity index (χ0) is 21.2. The fourth-order valence-corrected chi connectivity index (χ4v) is 3.20. The number of hydrogen-bond donors (Lipinski definition) is 1. The van der Waals surface area contributed by atoms with E-state index in [9.17, 15) is 9.59 Å². The Labute approximate surface area is 173 Å². The Hall–Kier alpha value is -3.02. The van der Waals surface area contributed by atoms with E-state index < -0.39 is 0 Å². The van der Waals surface area contributed by atoms with Crippen LogP contribution in [-0.4, -0.2) is 44.6 Å². The summed E-state index contributed by atoms with van der Waals surface area (Å²) in [6.07, 6.45) is 0. The predicted octanol–water partition coefficient (Wildman–Crippen LogP) is 3.39. The molecule has 2 amide bonds. The number of aryl methyl sites for hydroxylation is 1. The topological polar surface area (TPSA) is 61.9 Å².